The summed E-state index contributed by atoms with van der Waals surface area (Å²) in [5.41, 5.74) is 7.10. The summed E-state index contributed by atoms with van der Waals surface area (Å²) in [6, 6.07) is 12.2. The van der Waals surface area contributed by atoms with Gasteiger partial charge in [0.05, 0.1) is 0 Å². The number of amides is 2. The lowest BCUT2D eigenvalue weighted by molar-refractivity contribution is -0.254. The second-order valence-corrected chi connectivity index (χ2v) is 6.03. The van der Waals surface area contributed by atoms with Crippen LogP contribution in [0.25, 0.3) is 0 Å². The van der Waals surface area contributed by atoms with Gasteiger partial charge in [0.2, 0.25) is 0 Å². The number of carbonyl (C=O) groups excluding carboxylic acids is 2. The minimum Gasteiger partial charge on any atom is -0.483 e. The molecule has 0 aliphatic carbocycles. The fraction of sp³-hybridized carbons (Fsp3) is 0.263. The monoisotopic (exact) mass is 340 g/mol. The van der Waals surface area contributed by atoms with E-state index in [0.29, 0.717) is 17.9 Å². The molecule has 1 aliphatic rings. The van der Waals surface area contributed by atoms with Crippen LogP contribution in [0.5, 0.6) is 5.75 Å². The Labute approximate surface area is 146 Å². The maximum Gasteiger partial charge on any atom is 0.258 e. The molecule has 0 saturated carbocycles. The number of nitrogens with one attached hydrogen (secondary N) is 1. The van der Waals surface area contributed by atoms with Crippen LogP contribution in [-0.4, -0.2) is 25.0 Å². The molecule has 3 rings (SSSR count). The van der Waals surface area contributed by atoms with Gasteiger partial charge in [-0.05, 0) is 31.5 Å². The van der Waals surface area contributed by atoms with Crippen molar-refractivity contribution in [2.75, 3.05) is 18.1 Å². The van der Waals surface area contributed by atoms with Crippen LogP contribution in [0.1, 0.15) is 24.1 Å². The van der Waals surface area contributed by atoms with Crippen LogP contribution in [0, 0.1) is 6.92 Å². The Balaban J connectivity index is 2.01. The van der Waals surface area contributed by atoms with E-state index in [9.17, 15) is 9.59 Å². The van der Waals surface area contributed by atoms with Crippen LogP contribution >= 0.6 is 0 Å². The lowest BCUT2D eigenvalue weighted by atomic mass is 10.0. The number of likely N-dealkylation sites (N-methyl/N-ethyl adjacent to an activating group) is 1. The molecular weight excluding hydrogens is 318 g/mol. The minimum absolute atomic E-state index is 0.0933. The molecule has 0 fully saturated rings. The van der Waals surface area contributed by atoms with E-state index in [1.54, 1.807) is 4.90 Å². The van der Waals surface area contributed by atoms with Gasteiger partial charge in [-0.15, -0.1) is 0 Å². The molecule has 1 aliphatic heterocycles. The maximum atomic E-state index is 13.2. The number of anilines is 1. The smallest absolute Gasteiger partial charge is 0.258 e. The molecule has 25 heavy (non-hydrogen) atoms. The average Bonchev–Trinajstić information content (AvgIpc) is 2.77. The Kier molecular flexibility index (Phi) is 4.72. The highest BCUT2D eigenvalue weighted by atomic mass is 16.5. The molecule has 0 aromatic heterocycles. The van der Waals surface area contributed by atoms with Crippen LogP contribution in [0.2, 0.25) is 0 Å². The SMILES string of the molecule is CCN(C(=O)C1NC(=O)COc2c(C)cccc21)c1ccc([NH3+])cc1. The fourth-order valence-corrected chi connectivity index (χ4v) is 3.01. The third-order valence-electron chi connectivity index (χ3n) is 4.28. The van der Waals surface area contributed by atoms with Gasteiger partial charge in [0.15, 0.2) is 6.61 Å². The van der Waals surface area contributed by atoms with Crippen molar-refractivity contribution >= 4 is 23.2 Å². The second-order valence-electron chi connectivity index (χ2n) is 6.03. The Bertz CT molecular complexity index is 802. The molecule has 1 unspecified atom stereocenters. The number of hydrogen-bond donors (Lipinski definition) is 2. The maximum absolute atomic E-state index is 13.2. The zero-order chi connectivity index (χ0) is 18.0. The summed E-state index contributed by atoms with van der Waals surface area (Å²) in [6.07, 6.45) is 0. The summed E-state index contributed by atoms with van der Waals surface area (Å²) >= 11 is 0. The highest BCUT2D eigenvalue weighted by Crippen LogP contribution is 2.32. The summed E-state index contributed by atoms with van der Waals surface area (Å²) in [7, 11) is 0. The van der Waals surface area contributed by atoms with Crippen molar-refractivity contribution in [2.24, 2.45) is 0 Å². The molecule has 4 N–H and O–H groups in total. The topological polar surface area (TPSA) is 86.3 Å². The third-order valence-corrected chi connectivity index (χ3v) is 4.28. The molecule has 0 spiro atoms. The Hall–Kier alpha value is -2.86. The first kappa shape index (κ1) is 17.0. The quantitative estimate of drug-likeness (QED) is 0.887. The first-order chi connectivity index (χ1) is 12.0. The number of rotatable bonds is 3. The van der Waals surface area contributed by atoms with E-state index in [1.165, 1.54) is 0 Å². The van der Waals surface area contributed by atoms with E-state index in [2.05, 4.69) is 11.1 Å². The molecular formula is C19H22N3O3+. The number of ether oxygens (including phenoxy) is 1. The average molecular weight is 340 g/mol. The number of para-hydroxylation sites is 1. The van der Waals surface area contributed by atoms with Gasteiger partial charge in [-0.1, -0.05) is 18.2 Å². The Morgan fingerprint density at radius 1 is 1.28 bits per heavy atom. The number of quaternary nitrogens is 1. The van der Waals surface area contributed by atoms with E-state index >= 15 is 0 Å². The van der Waals surface area contributed by atoms with Gasteiger partial charge in [-0.2, -0.15) is 0 Å². The molecule has 6 nitrogen and oxygen atoms in total. The van der Waals surface area contributed by atoms with Crippen LogP contribution in [0.3, 0.4) is 0 Å². The van der Waals surface area contributed by atoms with E-state index in [0.717, 1.165) is 16.9 Å². The zero-order valence-corrected chi connectivity index (χ0v) is 14.4. The highest BCUT2D eigenvalue weighted by Gasteiger charge is 2.32. The first-order valence-electron chi connectivity index (χ1n) is 8.26. The van der Waals surface area contributed by atoms with Crippen LogP contribution in [-0.2, 0) is 9.59 Å². The predicted octanol–water partition coefficient (Wildman–Crippen LogP) is 1.47. The number of hydrogen-bond acceptors (Lipinski definition) is 3. The second kappa shape index (κ2) is 6.94. The molecule has 1 heterocycles. The zero-order valence-electron chi connectivity index (χ0n) is 14.4. The molecule has 0 saturated heterocycles. The van der Waals surface area contributed by atoms with Crippen molar-refractivity contribution in [2.45, 2.75) is 19.9 Å². The Morgan fingerprint density at radius 3 is 2.68 bits per heavy atom. The predicted molar refractivity (Wildman–Crippen MR) is 94.6 cm³/mol. The van der Waals surface area contributed by atoms with Crippen molar-refractivity contribution in [1.29, 1.82) is 0 Å². The van der Waals surface area contributed by atoms with Gasteiger partial charge in [-0.25, -0.2) is 0 Å². The fourth-order valence-electron chi connectivity index (χ4n) is 3.01. The van der Waals surface area contributed by atoms with Crippen molar-refractivity contribution in [3.63, 3.8) is 0 Å². The van der Waals surface area contributed by atoms with Crippen LogP contribution in [0.15, 0.2) is 42.5 Å². The largest absolute Gasteiger partial charge is 0.483 e. The number of fused-ring (bicyclic) bond motifs is 1. The molecule has 6 heteroatoms. The Morgan fingerprint density at radius 2 is 2.00 bits per heavy atom. The number of aryl methyl sites for hydroxylation is 1. The van der Waals surface area contributed by atoms with Crippen molar-refractivity contribution in [3.05, 3.63) is 53.6 Å². The summed E-state index contributed by atoms with van der Waals surface area (Å²) in [5.74, 6) is 0.103. The minimum atomic E-state index is -0.774. The molecule has 2 amide bonds. The molecule has 0 radical (unpaired) electrons. The lowest BCUT2D eigenvalue weighted by Crippen LogP contribution is -2.43. The van der Waals surface area contributed by atoms with Gasteiger partial charge in [0.1, 0.15) is 17.5 Å². The number of benzene rings is 2. The normalized spacial score (nSPS) is 16.3. The number of nitrogens with zero attached hydrogens (tertiary/aromatic N) is 1. The molecule has 130 valence electrons. The highest BCUT2D eigenvalue weighted by molar-refractivity contribution is 6.00. The van der Waals surface area contributed by atoms with Crippen molar-refractivity contribution in [3.8, 4) is 5.75 Å². The van der Waals surface area contributed by atoms with Crippen LogP contribution in [0.4, 0.5) is 11.4 Å². The lowest BCUT2D eigenvalue weighted by Gasteiger charge is -2.26. The van der Waals surface area contributed by atoms with Gasteiger partial charge < -0.3 is 20.7 Å². The first-order valence-corrected chi connectivity index (χ1v) is 8.26. The summed E-state index contributed by atoms with van der Waals surface area (Å²) in [5, 5.41) is 2.79. The molecule has 0 bridgehead atoms. The van der Waals surface area contributed by atoms with Gasteiger partial charge in [0, 0.05) is 29.9 Å². The van der Waals surface area contributed by atoms with E-state index in [-0.39, 0.29) is 18.4 Å². The van der Waals surface area contributed by atoms with E-state index < -0.39 is 6.04 Å². The molecule has 2 aromatic rings. The summed E-state index contributed by atoms with van der Waals surface area (Å²) < 4.78 is 5.62. The van der Waals surface area contributed by atoms with Crippen molar-refractivity contribution in [1.82, 2.24) is 5.32 Å². The number of carbonyl (C=O) groups is 2. The van der Waals surface area contributed by atoms with Gasteiger partial charge in [0.25, 0.3) is 11.8 Å². The van der Waals surface area contributed by atoms with Crippen LogP contribution < -0.4 is 20.7 Å². The van der Waals surface area contributed by atoms with E-state index in [1.807, 2.05) is 56.3 Å². The summed E-state index contributed by atoms with van der Waals surface area (Å²) in [4.78, 5) is 26.9. The van der Waals surface area contributed by atoms with Gasteiger partial charge >= 0.3 is 0 Å². The van der Waals surface area contributed by atoms with Crippen molar-refractivity contribution < 1.29 is 20.1 Å². The standard InChI is InChI=1S/C19H21N3O3/c1-3-22(14-9-7-13(20)8-10-14)19(24)17-15-6-4-5-12(2)18(15)25-11-16(23)21-17/h4-10,17H,3,11,20H2,1-2H3,(H,21,23)/p+1. The molecule has 1 atom stereocenters. The third kappa shape index (κ3) is 3.34. The molecule has 2 aromatic carbocycles. The summed E-state index contributed by atoms with van der Waals surface area (Å²) in [6.45, 7) is 4.20. The van der Waals surface area contributed by atoms with E-state index in [4.69, 9.17) is 4.74 Å². The van der Waals surface area contributed by atoms with Gasteiger partial charge in [-0.3, -0.25) is 9.59 Å².